The summed E-state index contributed by atoms with van der Waals surface area (Å²) in [6, 6.07) is 7.18. The summed E-state index contributed by atoms with van der Waals surface area (Å²) < 4.78 is 37.5. The van der Waals surface area contributed by atoms with E-state index in [0.29, 0.717) is 11.5 Å². The van der Waals surface area contributed by atoms with Crippen LogP contribution >= 0.6 is 11.3 Å². The first-order chi connectivity index (χ1) is 10.9. The molecule has 6 nitrogen and oxygen atoms in total. The lowest BCUT2D eigenvalue weighted by Crippen LogP contribution is -2.05. The molecule has 0 unspecified atom stereocenters. The first-order valence-electron chi connectivity index (χ1n) is 6.52. The molecular weight excluding hydrogens is 329 g/mol. The third-order valence-corrected chi connectivity index (χ3v) is 3.94. The van der Waals surface area contributed by atoms with Crippen molar-refractivity contribution >= 4 is 22.2 Å². The van der Waals surface area contributed by atoms with Crippen molar-refractivity contribution in [1.29, 1.82) is 0 Å². The van der Waals surface area contributed by atoms with Crippen molar-refractivity contribution in [3.8, 4) is 0 Å². The molecule has 0 fully saturated rings. The van der Waals surface area contributed by atoms with Crippen LogP contribution in [0.4, 0.5) is 24.0 Å². The van der Waals surface area contributed by atoms with E-state index in [1.165, 1.54) is 0 Å². The van der Waals surface area contributed by atoms with Gasteiger partial charge in [0.05, 0.1) is 0 Å². The Balaban J connectivity index is 1.71. The van der Waals surface area contributed by atoms with Crippen LogP contribution in [0.25, 0.3) is 0 Å². The van der Waals surface area contributed by atoms with Gasteiger partial charge < -0.3 is 10.4 Å². The number of nitrogens with one attached hydrogen (secondary N) is 1. The maximum absolute atomic E-state index is 12.5. The molecule has 120 valence electrons. The Kier molecular flexibility index (Phi) is 3.99. The van der Waals surface area contributed by atoms with Gasteiger partial charge >= 0.3 is 6.18 Å². The van der Waals surface area contributed by atoms with E-state index in [9.17, 15) is 13.2 Å². The third-order valence-electron chi connectivity index (χ3n) is 3.18. The van der Waals surface area contributed by atoms with Crippen LogP contribution in [0.15, 0.2) is 29.6 Å². The molecule has 1 atom stereocenters. The summed E-state index contributed by atoms with van der Waals surface area (Å²) in [6.45, 7) is 1.91. The van der Waals surface area contributed by atoms with Gasteiger partial charge in [0.2, 0.25) is 0 Å². The fourth-order valence-corrected chi connectivity index (χ4v) is 2.65. The van der Waals surface area contributed by atoms with E-state index >= 15 is 0 Å². The fraction of sp³-hybridized carbons (Fsp3) is 0.231. The number of alkyl halides is 3. The van der Waals surface area contributed by atoms with Crippen molar-refractivity contribution in [2.75, 3.05) is 5.32 Å². The Labute approximate surface area is 132 Å². The molecule has 10 heteroatoms. The summed E-state index contributed by atoms with van der Waals surface area (Å²) >= 11 is 0.901. The SMILES string of the molecule is C[C@H](c1ccc(Nc2nc(C(F)(F)F)cs2)cc1)c1nnn[n-]1. The van der Waals surface area contributed by atoms with Crippen LogP contribution in [0.3, 0.4) is 0 Å². The van der Waals surface area contributed by atoms with Crippen molar-refractivity contribution in [1.82, 2.24) is 25.6 Å². The molecule has 23 heavy (non-hydrogen) atoms. The van der Waals surface area contributed by atoms with Crippen LogP contribution in [0.1, 0.15) is 29.9 Å². The maximum atomic E-state index is 12.5. The molecule has 0 aliphatic carbocycles. The molecule has 0 radical (unpaired) electrons. The highest BCUT2D eigenvalue weighted by atomic mass is 32.1. The summed E-state index contributed by atoms with van der Waals surface area (Å²) in [4.78, 5) is 3.52. The number of hydrogen-bond donors (Lipinski definition) is 1. The quantitative estimate of drug-likeness (QED) is 0.786. The van der Waals surface area contributed by atoms with Gasteiger partial charge in [0.1, 0.15) is 0 Å². The molecule has 2 aromatic heterocycles. The number of aromatic nitrogens is 5. The lowest BCUT2D eigenvalue weighted by Gasteiger charge is -2.12. The Morgan fingerprint density at radius 1 is 1.22 bits per heavy atom. The van der Waals surface area contributed by atoms with E-state index in [-0.39, 0.29) is 11.0 Å². The summed E-state index contributed by atoms with van der Waals surface area (Å²) in [7, 11) is 0. The summed E-state index contributed by atoms with van der Waals surface area (Å²) in [5.74, 6) is 0.441. The van der Waals surface area contributed by atoms with Crippen molar-refractivity contribution in [2.24, 2.45) is 0 Å². The largest absolute Gasteiger partial charge is 0.434 e. The van der Waals surface area contributed by atoms with Crippen LogP contribution in [-0.2, 0) is 6.18 Å². The molecule has 3 aromatic rings. The molecule has 0 aliphatic rings. The first kappa shape index (κ1) is 15.4. The van der Waals surface area contributed by atoms with E-state index in [1.54, 1.807) is 12.1 Å². The molecule has 0 bridgehead atoms. The van der Waals surface area contributed by atoms with Crippen LogP contribution in [0.5, 0.6) is 0 Å². The lowest BCUT2D eigenvalue weighted by molar-refractivity contribution is -0.140. The predicted octanol–water partition coefficient (Wildman–Crippen LogP) is 3.20. The number of tetrazole rings is 1. The number of rotatable bonds is 4. The molecule has 0 spiro atoms. The van der Waals surface area contributed by atoms with Gasteiger partial charge in [-0.3, -0.25) is 10.3 Å². The molecule has 0 saturated carbocycles. The van der Waals surface area contributed by atoms with Crippen LogP contribution in [-0.4, -0.2) is 20.5 Å². The number of hydrogen-bond acceptors (Lipinski definition) is 6. The van der Waals surface area contributed by atoms with E-state index in [1.807, 2.05) is 19.1 Å². The number of nitrogens with zero attached hydrogens (tertiary/aromatic N) is 5. The summed E-state index contributed by atoms with van der Waals surface area (Å²) in [6.07, 6.45) is -4.43. The van der Waals surface area contributed by atoms with E-state index in [2.05, 4.69) is 30.9 Å². The summed E-state index contributed by atoms with van der Waals surface area (Å²) in [5, 5.41) is 18.5. The van der Waals surface area contributed by atoms with Gasteiger partial charge in [-0.15, -0.1) is 11.3 Å². The summed E-state index contributed by atoms with van der Waals surface area (Å²) in [5.41, 5.74) is 0.688. The second-order valence-electron chi connectivity index (χ2n) is 4.74. The van der Waals surface area contributed by atoms with Crippen molar-refractivity contribution in [3.05, 3.63) is 46.7 Å². The van der Waals surface area contributed by atoms with Gasteiger partial charge in [0.15, 0.2) is 10.8 Å². The average molecular weight is 339 g/mol. The smallest absolute Gasteiger partial charge is 0.335 e. The molecule has 1 N–H and O–H groups in total. The highest BCUT2D eigenvalue weighted by Gasteiger charge is 2.33. The number of thiazole rings is 1. The zero-order valence-electron chi connectivity index (χ0n) is 11.7. The van der Waals surface area contributed by atoms with E-state index in [0.717, 1.165) is 22.3 Å². The van der Waals surface area contributed by atoms with Gasteiger partial charge in [-0.1, -0.05) is 19.1 Å². The highest BCUT2D eigenvalue weighted by molar-refractivity contribution is 7.13. The zero-order valence-corrected chi connectivity index (χ0v) is 12.6. The lowest BCUT2D eigenvalue weighted by atomic mass is 10.0. The Hall–Kier alpha value is -2.49. The minimum atomic E-state index is -4.43. The van der Waals surface area contributed by atoms with Gasteiger partial charge in [0, 0.05) is 22.8 Å². The second-order valence-corrected chi connectivity index (χ2v) is 5.60. The maximum Gasteiger partial charge on any atom is 0.434 e. The van der Waals surface area contributed by atoms with E-state index < -0.39 is 11.9 Å². The highest BCUT2D eigenvalue weighted by Crippen LogP contribution is 2.32. The van der Waals surface area contributed by atoms with Crippen LogP contribution in [0.2, 0.25) is 0 Å². The second kappa shape index (κ2) is 5.95. The first-order valence-corrected chi connectivity index (χ1v) is 7.40. The minimum absolute atomic E-state index is 0.0734. The van der Waals surface area contributed by atoms with Crippen LogP contribution < -0.4 is 10.4 Å². The Morgan fingerprint density at radius 3 is 2.52 bits per heavy atom. The Bertz CT molecular complexity index is 766. The van der Waals surface area contributed by atoms with Gasteiger partial charge in [0.25, 0.3) is 0 Å². The van der Waals surface area contributed by atoms with Gasteiger partial charge in [-0.05, 0) is 17.7 Å². The van der Waals surface area contributed by atoms with Crippen molar-refractivity contribution in [2.45, 2.75) is 19.0 Å². The van der Waals surface area contributed by atoms with Crippen molar-refractivity contribution in [3.63, 3.8) is 0 Å². The monoisotopic (exact) mass is 339 g/mol. The third kappa shape index (κ3) is 3.47. The van der Waals surface area contributed by atoms with E-state index in [4.69, 9.17) is 0 Å². The molecule has 1 aromatic carbocycles. The van der Waals surface area contributed by atoms with Crippen molar-refractivity contribution < 1.29 is 13.2 Å². The topological polar surface area (TPSA) is 77.7 Å². The number of halogens is 3. The molecular formula is C13H10F3N6S-. The minimum Gasteiger partial charge on any atom is -0.335 e. The number of anilines is 2. The predicted molar refractivity (Wildman–Crippen MR) is 77.5 cm³/mol. The molecule has 0 saturated heterocycles. The molecule has 0 amide bonds. The molecule has 3 rings (SSSR count). The van der Waals surface area contributed by atoms with Gasteiger partial charge in [-0.25, -0.2) is 4.98 Å². The number of benzene rings is 1. The van der Waals surface area contributed by atoms with Gasteiger partial charge in [-0.2, -0.15) is 18.4 Å². The Morgan fingerprint density at radius 2 is 1.96 bits per heavy atom. The standard InChI is InChI=1S/C13H10F3N6S/c1-7(11-19-21-22-20-11)8-2-4-9(5-3-8)17-12-18-10(6-23-12)13(14,15)16/h2-7H,1H3,(H-,17,18,19,20,21,22)/q-1/t7-/m1/s1. The normalized spacial score (nSPS) is 13.0. The fourth-order valence-electron chi connectivity index (χ4n) is 1.91. The zero-order chi connectivity index (χ0) is 16.4. The molecule has 2 heterocycles. The van der Waals surface area contributed by atoms with Crippen LogP contribution in [0, 0.1) is 0 Å². The average Bonchev–Trinajstić information content (AvgIpc) is 3.18. The molecule has 0 aliphatic heterocycles.